The van der Waals surface area contributed by atoms with Gasteiger partial charge in [-0.15, -0.1) is 0 Å². The van der Waals surface area contributed by atoms with Crippen LogP contribution in [0, 0.1) is 6.92 Å². The van der Waals surface area contributed by atoms with Crippen molar-refractivity contribution in [2.45, 2.75) is 11.8 Å². The van der Waals surface area contributed by atoms with E-state index in [1.54, 1.807) is 12.1 Å². The Bertz CT molecular complexity index is 727. The maximum absolute atomic E-state index is 12.4. The molecule has 1 heterocycles. The molecule has 0 aliphatic carbocycles. The number of rotatable bonds is 1. The van der Waals surface area contributed by atoms with Crippen molar-refractivity contribution < 1.29 is 9.00 Å². The van der Waals surface area contributed by atoms with Gasteiger partial charge in [-0.2, -0.15) is 0 Å². The molecule has 2 nitrogen and oxygen atoms in total. The minimum absolute atomic E-state index is 0.0132. The van der Waals surface area contributed by atoms with Crippen molar-refractivity contribution in [2.75, 3.05) is 5.75 Å². The van der Waals surface area contributed by atoms with Gasteiger partial charge in [0.25, 0.3) is 0 Å². The molecule has 3 heteroatoms. The van der Waals surface area contributed by atoms with E-state index in [4.69, 9.17) is 0 Å². The maximum Gasteiger partial charge on any atom is 0.191 e. The van der Waals surface area contributed by atoms with Gasteiger partial charge in [0.1, 0.15) is 0 Å². The Hall–Kier alpha value is -2.00. The average Bonchev–Trinajstić information content (AvgIpc) is 2.47. The summed E-state index contributed by atoms with van der Waals surface area (Å²) >= 11 is 0. The van der Waals surface area contributed by atoms with Crippen LogP contribution in [0.5, 0.6) is 0 Å². The molecule has 0 fully saturated rings. The molecular formula is C17H14O2S. The lowest BCUT2D eigenvalue weighted by Gasteiger charge is -2.16. The third-order valence-corrected chi connectivity index (χ3v) is 4.79. The van der Waals surface area contributed by atoms with Gasteiger partial charge in [-0.3, -0.25) is 9.00 Å². The Morgan fingerprint density at radius 2 is 1.75 bits per heavy atom. The van der Waals surface area contributed by atoms with Crippen molar-refractivity contribution >= 4 is 22.7 Å². The molecule has 0 saturated carbocycles. The Morgan fingerprint density at radius 3 is 2.50 bits per heavy atom. The van der Waals surface area contributed by atoms with E-state index in [0.717, 1.165) is 5.56 Å². The molecule has 1 aliphatic rings. The molecule has 1 atom stereocenters. The lowest BCUT2D eigenvalue weighted by atomic mass is 10.0. The molecule has 1 aliphatic heterocycles. The molecule has 0 N–H and O–H groups in total. The fourth-order valence-corrected chi connectivity index (χ4v) is 3.57. The number of carbonyl (C=O) groups excluding carboxylic acids is 1. The predicted octanol–water partition coefficient (Wildman–Crippen LogP) is 3.38. The topological polar surface area (TPSA) is 34.1 Å². The number of ketones is 1. The molecular weight excluding hydrogens is 268 g/mol. The highest BCUT2D eigenvalue weighted by atomic mass is 32.2. The second-order valence-corrected chi connectivity index (χ2v) is 6.31. The van der Waals surface area contributed by atoms with Crippen LogP contribution in [0.15, 0.2) is 59.0 Å². The van der Waals surface area contributed by atoms with Crippen molar-refractivity contribution in [2.24, 2.45) is 0 Å². The lowest BCUT2D eigenvalue weighted by Crippen LogP contribution is -2.19. The quantitative estimate of drug-likeness (QED) is 0.751. The summed E-state index contributed by atoms with van der Waals surface area (Å²) in [5.41, 5.74) is 3.33. The Kier molecular flexibility index (Phi) is 3.36. The number of benzene rings is 2. The van der Waals surface area contributed by atoms with Crippen LogP contribution < -0.4 is 0 Å². The van der Waals surface area contributed by atoms with E-state index >= 15 is 0 Å². The van der Waals surface area contributed by atoms with Crippen molar-refractivity contribution in [1.29, 1.82) is 0 Å². The van der Waals surface area contributed by atoms with Gasteiger partial charge >= 0.3 is 0 Å². The van der Waals surface area contributed by atoms with Gasteiger partial charge in [0, 0.05) is 11.1 Å². The molecule has 20 heavy (non-hydrogen) atoms. The number of Topliss-reactive ketones (excluding diaryl/α,β-unsaturated/α-hetero) is 1. The monoisotopic (exact) mass is 282 g/mol. The van der Waals surface area contributed by atoms with E-state index in [2.05, 4.69) is 0 Å². The number of hydrogen-bond acceptors (Lipinski definition) is 2. The van der Waals surface area contributed by atoms with Crippen molar-refractivity contribution in [3.63, 3.8) is 0 Å². The van der Waals surface area contributed by atoms with Gasteiger partial charge < -0.3 is 0 Å². The van der Waals surface area contributed by atoms with Crippen LogP contribution in [0.4, 0.5) is 0 Å². The molecule has 0 aromatic heterocycles. The minimum atomic E-state index is -1.13. The van der Waals surface area contributed by atoms with Gasteiger partial charge in [-0.1, -0.05) is 42.0 Å². The normalized spacial score (nSPS) is 19.9. The Labute approximate surface area is 120 Å². The largest absolute Gasteiger partial charge is 0.289 e. The molecule has 0 amide bonds. The first-order valence-electron chi connectivity index (χ1n) is 6.44. The first kappa shape index (κ1) is 13.0. The maximum atomic E-state index is 12.4. The number of hydrogen-bond donors (Lipinski definition) is 0. The van der Waals surface area contributed by atoms with E-state index in [0.29, 0.717) is 21.8 Å². The molecule has 0 bridgehead atoms. The van der Waals surface area contributed by atoms with Crippen LogP contribution in [0.25, 0.3) is 6.08 Å². The van der Waals surface area contributed by atoms with Crippen LogP contribution in [0.1, 0.15) is 21.5 Å². The minimum Gasteiger partial charge on any atom is -0.289 e. The standard InChI is InChI=1S/C17H14O2S/c1-12-6-8-13(9-7-12)10-14-11-20(19)16-5-3-2-4-15(16)17(14)18/h2-10H,11H2,1H3/b14-10+. The van der Waals surface area contributed by atoms with E-state index < -0.39 is 10.8 Å². The molecule has 1 unspecified atom stereocenters. The van der Waals surface area contributed by atoms with Gasteiger partial charge in [0.2, 0.25) is 0 Å². The van der Waals surface area contributed by atoms with Crippen molar-refractivity contribution in [3.8, 4) is 0 Å². The van der Waals surface area contributed by atoms with Gasteiger partial charge in [-0.25, -0.2) is 0 Å². The summed E-state index contributed by atoms with van der Waals surface area (Å²) < 4.78 is 12.2. The van der Waals surface area contributed by atoms with Crippen LogP contribution >= 0.6 is 0 Å². The van der Waals surface area contributed by atoms with Crippen molar-refractivity contribution in [1.82, 2.24) is 0 Å². The Morgan fingerprint density at radius 1 is 1.05 bits per heavy atom. The zero-order valence-corrected chi connectivity index (χ0v) is 11.9. The summed E-state index contributed by atoms with van der Waals surface area (Å²) in [7, 11) is -1.13. The highest BCUT2D eigenvalue weighted by Gasteiger charge is 2.26. The summed E-state index contributed by atoms with van der Waals surface area (Å²) in [6.45, 7) is 2.02. The van der Waals surface area contributed by atoms with Gasteiger partial charge in [-0.05, 0) is 30.7 Å². The predicted molar refractivity (Wildman–Crippen MR) is 81.2 cm³/mol. The van der Waals surface area contributed by atoms with Crippen LogP contribution in [-0.2, 0) is 10.8 Å². The zero-order chi connectivity index (χ0) is 14.1. The second-order valence-electron chi connectivity index (χ2n) is 4.90. The fraction of sp³-hybridized carbons (Fsp3) is 0.118. The van der Waals surface area contributed by atoms with Gasteiger partial charge in [0.05, 0.1) is 21.4 Å². The fourth-order valence-electron chi connectivity index (χ4n) is 2.28. The van der Waals surface area contributed by atoms with E-state index in [9.17, 15) is 9.00 Å². The molecule has 2 aromatic rings. The molecule has 3 rings (SSSR count). The third-order valence-electron chi connectivity index (χ3n) is 3.37. The van der Waals surface area contributed by atoms with Crippen LogP contribution in [0.2, 0.25) is 0 Å². The third kappa shape index (κ3) is 2.37. The number of aryl methyl sites for hydroxylation is 1. The molecule has 0 spiro atoms. The second kappa shape index (κ2) is 5.17. The summed E-state index contributed by atoms with van der Waals surface area (Å²) in [5, 5.41) is 0. The highest BCUT2D eigenvalue weighted by molar-refractivity contribution is 7.85. The summed E-state index contributed by atoms with van der Waals surface area (Å²) in [6, 6.07) is 15.1. The number of carbonyl (C=O) groups is 1. The SMILES string of the molecule is Cc1ccc(/C=C2\CS(=O)c3ccccc3C2=O)cc1. The van der Waals surface area contributed by atoms with Crippen LogP contribution in [0.3, 0.4) is 0 Å². The molecule has 100 valence electrons. The average molecular weight is 282 g/mol. The summed E-state index contributed by atoms with van der Waals surface area (Å²) in [5.74, 6) is 0.282. The number of fused-ring (bicyclic) bond motifs is 1. The molecule has 0 radical (unpaired) electrons. The summed E-state index contributed by atoms with van der Waals surface area (Å²) in [6.07, 6.45) is 1.84. The van der Waals surface area contributed by atoms with E-state index in [1.165, 1.54) is 5.56 Å². The van der Waals surface area contributed by atoms with Crippen LogP contribution in [-0.4, -0.2) is 15.7 Å². The van der Waals surface area contributed by atoms with E-state index in [1.807, 2.05) is 49.4 Å². The zero-order valence-electron chi connectivity index (χ0n) is 11.1. The van der Waals surface area contributed by atoms with Gasteiger partial charge in [0.15, 0.2) is 5.78 Å². The van der Waals surface area contributed by atoms with Crippen molar-refractivity contribution in [3.05, 3.63) is 70.8 Å². The van der Waals surface area contributed by atoms with E-state index in [-0.39, 0.29) is 5.78 Å². The smallest absolute Gasteiger partial charge is 0.191 e. The highest BCUT2D eigenvalue weighted by Crippen LogP contribution is 2.26. The molecule has 0 saturated heterocycles. The summed E-state index contributed by atoms with van der Waals surface area (Å²) in [4.78, 5) is 13.1. The first-order valence-corrected chi connectivity index (χ1v) is 7.76. The lowest BCUT2D eigenvalue weighted by molar-refractivity contribution is 0.103. The molecule has 2 aromatic carbocycles. The Balaban J connectivity index is 2.03. The first-order chi connectivity index (χ1) is 9.65.